The summed E-state index contributed by atoms with van der Waals surface area (Å²) in [6.45, 7) is 2.50. The summed E-state index contributed by atoms with van der Waals surface area (Å²) >= 11 is 0. The van der Waals surface area contributed by atoms with Gasteiger partial charge in [0, 0.05) is 5.69 Å². The minimum Gasteiger partial charge on any atom is -0.490 e. The first kappa shape index (κ1) is 17.3. The van der Waals surface area contributed by atoms with Gasteiger partial charge >= 0.3 is 12.0 Å². The Labute approximate surface area is 140 Å². The highest BCUT2D eigenvalue weighted by molar-refractivity contribution is 5.91. The van der Waals surface area contributed by atoms with Crippen molar-refractivity contribution in [3.05, 3.63) is 59.7 Å². The first-order chi connectivity index (χ1) is 11.6. The van der Waals surface area contributed by atoms with Gasteiger partial charge in [0.25, 0.3) is 0 Å². The van der Waals surface area contributed by atoms with E-state index >= 15 is 0 Å². The van der Waals surface area contributed by atoms with Gasteiger partial charge in [-0.05, 0) is 48.4 Å². The minimum atomic E-state index is -0.658. The van der Waals surface area contributed by atoms with Crippen molar-refractivity contribution < 1.29 is 19.1 Å². The van der Waals surface area contributed by atoms with Crippen LogP contribution in [0, 0.1) is 0 Å². The lowest BCUT2D eigenvalue weighted by Gasteiger charge is -2.09. The number of hydrogen-bond acceptors (Lipinski definition) is 4. The zero-order chi connectivity index (χ0) is 17.4. The maximum atomic E-state index is 11.9. The summed E-state index contributed by atoms with van der Waals surface area (Å²) in [6, 6.07) is 13.4. The Morgan fingerprint density at radius 2 is 1.83 bits per heavy atom. The molecule has 6 nitrogen and oxygen atoms in total. The van der Waals surface area contributed by atoms with Crippen LogP contribution in [-0.4, -0.2) is 25.2 Å². The van der Waals surface area contributed by atoms with E-state index in [2.05, 4.69) is 12.2 Å². The topological polar surface area (TPSA) is 90.7 Å². The number of hydrogen-bond donors (Lipinski definition) is 2. The van der Waals surface area contributed by atoms with E-state index in [9.17, 15) is 9.59 Å². The molecule has 0 saturated carbocycles. The van der Waals surface area contributed by atoms with Gasteiger partial charge in [0.05, 0.1) is 5.56 Å². The van der Waals surface area contributed by atoms with Crippen molar-refractivity contribution in [3.63, 3.8) is 0 Å². The van der Waals surface area contributed by atoms with Gasteiger partial charge in [-0.3, -0.25) is 0 Å². The van der Waals surface area contributed by atoms with Crippen molar-refractivity contribution >= 4 is 17.7 Å². The molecule has 0 radical (unpaired) electrons. The van der Waals surface area contributed by atoms with E-state index in [0.717, 1.165) is 12.2 Å². The Morgan fingerprint density at radius 3 is 2.50 bits per heavy atom. The van der Waals surface area contributed by atoms with Crippen LogP contribution >= 0.6 is 0 Å². The number of urea groups is 1. The molecule has 126 valence electrons. The maximum absolute atomic E-state index is 11.9. The van der Waals surface area contributed by atoms with Gasteiger partial charge in [-0.2, -0.15) is 0 Å². The molecule has 6 heteroatoms. The average molecular weight is 328 g/mol. The number of benzene rings is 2. The van der Waals surface area contributed by atoms with E-state index in [1.165, 1.54) is 5.56 Å². The zero-order valence-electron chi connectivity index (χ0n) is 13.5. The standard InChI is InChI=1S/C18H20N2O4/c1-2-13-4-3-5-16(12-13)23-10-11-24-17(21)14-6-8-15(9-7-14)20-18(19)22/h3-9,12H,2,10-11H2,1H3,(H3,19,20,22). The van der Waals surface area contributed by atoms with Crippen LogP contribution in [0.4, 0.5) is 10.5 Å². The summed E-state index contributed by atoms with van der Waals surface area (Å²) in [6.07, 6.45) is 0.937. The van der Waals surface area contributed by atoms with Crippen LogP contribution in [0.5, 0.6) is 5.75 Å². The van der Waals surface area contributed by atoms with E-state index < -0.39 is 12.0 Å². The summed E-state index contributed by atoms with van der Waals surface area (Å²) in [7, 11) is 0. The van der Waals surface area contributed by atoms with Crippen LogP contribution in [0.1, 0.15) is 22.8 Å². The van der Waals surface area contributed by atoms with Gasteiger partial charge in [0.15, 0.2) is 0 Å². The maximum Gasteiger partial charge on any atom is 0.338 e. The lowest BCUT2D eigenvalue weighted by atomic mass is 10.2. The van der Waals surface area contributed by atoms with Crippen molar-refractivity contribution in [2.75, 3.05) is 18.5 Å². The second-order valence-corrected chi connectivity index (χ2v) is 5.05. The second kappa shape index (κ2) is 8.57. The van der Waals surface area contributed by atoms with Crippen LogP contribution < -0.4 is 15.8 Å². The van der Waals surface area contributed by atoms with E-state index in [0.29, 0.717) is 11.3 Å². The van der Waals surface area contributed by atoms with Gasteiger partial charge in [-0.1, -0.05) is 19.1 Å². The van der Waals surface area contributed by atoms with Crippen LogP contribution in [0.25, 0.3) is 0 Å². The fraction of sp³-hybridized carbons (Fsp3) is 0.222. The molecule has 0 heterocycles. The van der Waals surface area contributed by atoms with Gasteiger partial charge in [0.2, 0.25) is 0 Å². The molecule has 0 bridgehead atoms. The monoisotopic (exact) mass is 328 g/mol. The lowest BCUT2D eigenvalue weighted by molar-refractivity contribution is 0.0450. The summed E-state index contributed by atoms with van der Waals surface area (Å²) < 4.78 is 10.7. The molecule has 24 heavy (non-hydrogen) atoms. The number of rotatable bonds is 7. The number of esters is 1. The summed E-state index contributed by atoms with van der Waals surface area (Å²) in [5.74, 6) is 0.304. The Morgan fingerprint density at radius 1 is 1.08 bits per heavy atom. The Kier molecular flexibility index (Phi) is 6.19. The van der Waals surface area contributed by atoms with Crippen molar-refractivity contribution in [1.82, 2.24) is 0 Å². The molecule has 0 spiro atoms. The molecule has 0 atom stereocenters. The highest BCUT2D eigenvalue weighted by Crippen LogP contribution is 2.14. The van der Waals surface area contributed by atoms with Crippen molar-refractivity contribution in [2.45, 2.75) is 13.3 Å². The van der Waals surface area contributed by atoms with Gasteiger partial charge in [-0.15, -0.1) is 0 Å². The minimum absolute atomic E-state index is 0.149. The fourth-order valence-electron chi connectivity index (χ4n) is 2.06. The Hall–Kier alpha value is -3.02. The Balaban J connectivity index is 1.77. The highest BCUT2D eigenvalue weighted by Gasteiger charge is 2.07. The van der Waals surface area contributed by atoms with E-state index in [1.807, 2.05) is 24.3 Å². The summed E-state index contributed by atoms with van der Waals surface area (Å²) in [5.41, 5.74) is 7.10. The number of nitrogens with two attached hydrogens (primary N) is 1. The lowest BCUT2D eigenvalue weighted by Crippen LogP contribution is -2.19. The number of amides is 2. The molecule has 2 aromatic carbocycles. The van der Waals surface area contributed by atoms with E-state index in [1.54, 1.807) is 24.3 Å². The third-order valence-corrected chi connectivity index (χ3v) is 3.28. The van der Waals surface area contributed by atoms with Crippen LogP contribution in [0.2, 0.25) is 0 Å². The molecular formula is C18H20N2O4. The molecular weight excluding hydrogens is 308 g/mol. The average Bonchev–Trinajstić information content (AvgIpc) is 2.59. The Bertz CT molecular complexity index is 698. The normalized spacial score (nSPS) is 10.0. The smallest absolute Gasteiger partial charge is 0.338 e. The van der Waals surface area contributed by atoms with Crippen LogP contribution in [0.15, 0.2) is 48.5 Å². The molecule has 0 unspecified atom stereocenters. The van der Waals surface area contributed by atoms with E-state index in [-0.39, 0.29) is 13.2 Å². The molecule has 0 aliphatic carbocycles. The molecule has 0 aliphatic rings. The predicted molar refractivity (Wildman–Crippen MR) is 91.2 cm³/mol. The quantitative estimate of drug-likeness (QED) is 0.604. The molecule has 0 aliphatic heterocycles. The molecule has 3 N–H and O–H groups in total. The first-order valence-electron chi connectivity index (χ1n) is 7.64. The second-order valence-electron chi connectivity index (χ2n) is 5.05. The number of primary amides is 1. The fourth-order valence-corrected chi connectivity index (χ4v) is 2.06. The number of carbonyl (C=O) groups excluding carboxylic acids is 2. The molecule has 0 saturated heterocycles. The number of nitrogens with one attached hydrogen (secondary N) is 1. The molecule has 2 aromatic rings. The molecule has 0 fully saturated rings. The molecule has 2 amide bonds. The summed E-state index contributed by atoms with van der Waals surface area (Å²) in [4.78, 5) is 22.6. The number of ether oxygens (including phenoxy) is 2. The first-order valence-corrected chi connectivity index (χ1v) is 7.64. The van der Waals surface area contributed by atoms with Crippen molar-refractivity contribution in [3.8, 4) is 5.75 Å². The summed E-state index contributed by atoms with van der Waals surface area (Å²) in [5, 5.41) is 2.42. The number of carbonyl (C=O) groups is 2. The zero-order valence-corrected chi connectivity index (χ0v) is 13.5. The van der Waals surface area contributed by atoms with Crippen molar-refractivity contribution in [2.24, 2.45) is 5.73 Å². The third kappa shape index (κ3) is 5.31. The van der Waals surface area contributed by atoms with Gasteiger partial charge in [0.1, 0.15) is 19.0 Å². The van der Waals surface area contributed by atoms with Gasteiger partial charge in [-0.25, -0.2) is 9.59 Å². The van der Waals surface area contributed by atoms with Gasteiger partial charge < -0.3 is 20.5 Å². The number of aryl methyl sites for hydroxylation is 1. The van der Waals surface area contributed by atoms with Crippen LogP contribution in [0.3, 0.4) is 0 Å². The predicted octanol–water partition coefficient (Wildman–Crippen LogP) is 2.98. The highest BCUT2D eigenvalue weighted by atomic mass is 16.6. The van der Waals surface area contributed by atoms with Crippen molar-refractivity contribution in [1.29, 1.82) is 0 Å². The van der Waals surface area contributed by atoms with Crippen LogP contribution in [-0.2, 0) is 11.2 Å². The largest absolute Gasteiger partial charge is 0.490 e. The number of anilines is 1. The molecule has 2 rings (SSSR count). The SMILES string of the molecule is CCc1cccc(OCCOC(=O)c2ccc(NC(N)=O)cc2)c1. The molecule has 0 aromatic heterocycles. The van der Waals surface area contributed by atoms with E-state index in [4.69, 9.17) is 15.2 Å². The third-order valence-electron chi connectivity index (χ3n) is 3.28.